The highest BCUT2D eigenvalue weighted by Crippen LogP contribution is 2.22. The maximum atomic E-state index is 12.7. The quantitative estimate of drug-likeness (QED) is 0.899. The minimum absolute atomic E-state index is 0.0222. The molecule has 1 N–H and O–H groups in total. The third-order valence-corrected chi connectivity index (χ3v) is 4.47. The molecule has 1 aliphatic rings. The Morgan fingerprint density at radius 2 is 1.88 bits per heavy atom. The van der Waals surface area contributed by atoms with E-state index in [2.05, 4.69) is 5.32 Å². The average Bonchev–Trinajstić information content (AvgIpc) is 3.03. The molecule has 6 nitrogen and oxygen atoms in total. The largest absolute Gasteiger partial charge is 0.497 e. The number of carbonyl (C=O) groups excluding carboxylic acids is 2. The van der Waals surface area contributed by atoms with Crippen molar-refractivity contribution in [3.8, 4) is 5.75 Å². The van der Waals surface area contributed by atoms with Gasteiger partial charge >= 0.3 is 6.03 Å². The monoisotopic (exact) mass is 353 g/mol. The minimum Gasteiger partial charge on any atom is -0.497 e. The number of methoxy groups -OCH3 is 1. The first-order valence-electron chi connectivity index (χ1n) is 8.70. The number of hydrogen-bond acceptors (Lipinski definition) is 3. The van der Waals surface area contributed by atoms with Crippen LogP contribution in [0.1, 0.15) is 13.3 Å². The molecule has 1 atom stereocenters. The summed E-state index contributed by atoms with van der Waals surface area (Å²) < 4.78 is 5.15. The van der Waals surface area contributed by atoms with Crippen LogP contribution < -0.4 is 19.9 Å². The normalized spacial score (nSPS) is 16.5. The number of anilines is 2. The van der Waals surface area contributed by atoms with Crippen LogP contribution in [0.5, 0.6) is 5.75 Å². The lowest BCUT2D eigenvalue weighted by molar-refractivity contribution is -0.117. The van der Waals surface area contributed by atoms with Crippen LogP contribution in [0.3, 0.4) is 0 Å². The summed E-state index contributed by atoms with van der Waals surface area (Å²) in [5, 5.41) is 2.98. The van der Waals surface area contributed by atoms with E-state index in [0.717, 1.165) is 17.1 Å². The molecule has 0 aromatic heterocycles. The molecule has 1 heterocycles. The SMILES string of the molecule is CCN(C(=O)N[C@@H]1CC(=O)N(c2ccccc2)C1)c1ccc(OC)cc1. The third-order valence-electron chi connectivity index (χ3n) is 4.47. The summed E-state index contributed by atoms with van der Waals surface area (Å²) in [6.07, 6.45) is 0.306. The van der Waals surface area contributed by atoms with Crippen molar-refractivity contribution in [1.29, 1.82) is 0 Å². The van der Waals surface area contributed by atoms with Gasteiger partial charge in [0.2, 0.25) is 5.91 Å². The maximum Gasteiger partial charge on any atom is 0.322 e. The van der Waals surface area contributed by atoms with E-state index in [1.54, 1.807) is 16.9 Å². The van der Waals surface area contributed by atoms with Gasteiger partial charge in [0.25, 0.3) is 0 Å². The van der Waals surface area contributed by atoms with Crippen molar-refractivity contribution >= 4 is 23.3 Å². The van der Waals surface area contributed by atoms with E-state index >= 15 is 0 Å². The number of nitrogens with zero attached hydrogens (tertiary/aromatic N) is 2. The molecule has 1 aliphatic heterocycles. The minimum atomic E-state index is -0.206. The van der Waals surface area contributed by atoms with Gasteiger partial charge in [-0.3, -0.25) is 9.69 Å². The first-order chi connectivity index (χ1) is 12.6. The topological polar surface area (TPSA) is 61.9 Å². The molecule has 2 aromatic carbocycles. The van der Waals surface area contributed by atoms with Crippen molar-refractivity contribution < 1.29 is 14.3 Å². The standard InChI is InChI=1S/C20H23N3O3/c1-3-22(17-9-11-18(26-2)12-10-17)20(25)21-15-13-19(24)23(14-15)16-7-5-4-6-8-16/h4-12,15H,3,13-14H2,1-2H3,(H,21,25)/t15-/m1/s1. The molecule has 0 radical (unpaired) electrons. The van der Waals surface area contributed by atoms with Crippen molar-refractivity contribution in [2.75, 3.05) is 30.0 Å². The van der Waals surface area contributed by atoms with Crippen LogP contribution in [0.25, 0.3) is 0 Å². The van der Waals surface area contributed by atoms with Gasteiger partial charge in [-0.15, -0.1) is 0 Å². The first kappa shape index (κ1) is 17.8. The molecule has 1 saturated heterocycles. The van der Waals surface area contributed by atoms with Crippen LogP contribution in [0.4, 0.5) is 16.2 Å². The molecule has 3 rings (SSSR count). The number of amides is 3. The van der Waals surface area contributed by atoms with Crippen molar-refractivity contribution in [3.05, 3.63) is 54.6 Å². The Hall–Kier alpha value is -3.02. The van der Waals surface area contributed by atoms with Crippen LogP contribution in [0.2, 0.25) is 0 Å². The van der Waals surface area contributed by atoms with E-state index in [4.69, 9.17) is 4.74 Å². The average molecular weight is 353 g/mol. The second-order valence-corrected chi connectivity index (χ2v) is 6.13. The fourth-order valence-electron chi connectivity index (χ4n) is 3.12. The lowest BCUT2D eigenvalue weighted by Gasteiger charge is -2.24. The lowest BCUT2D eigenvalue weighted by atomic mass is 10.2. The van der Waals surface area contributed by atoms with Crippen molar-refractivity contribution in [2.45, 2.75) is 19.4 Å². The Labute approximate surface area is 153 Å². The molecule has 6 heteroatoms. The van der Waals surface area contributed by atoms with E-state index in [1.165, 1.54) is 0 Å². The summed E-state index contributed by atoms with van der Waals surface area (Å²) in [4.78, 5) is 28.3. The summed E-state index contributed by atoms with van der Waals surface area (Å²) in [5.41, 5.74) is 1.65. The van der Waals surface area contributed by atoms with Gasteiger partial charge in [0.05, 0.1) is 13.2 Å². The summed E-state index contributed by atoms with van der Waals surface area (Å²) in [6, 6.07) is 16.4. The van der Waals surface area contributed by atoms with Crippen LogP contribution in [-0.4, -0.2) is 38.2 Å². The van der Waals surface area contributed by atoms with Crippen LogP contribution >= 0.6 is 0 Å². The number of benzene rings is 2. The zero-order valence-corrected chi connectivity index (χ0v) is 15.0. The molecule has 0 saturated carbocycles. The Morgan fingerprint density at radius 1 is 1.19 bits per heavy atom. The highest BCUT2D eigenvalue weighted by Gasteiger charge is 2.32. The molecular weight excluding hydrogens is 330 g/mol. The van der Waals surface area contributed by atoms with Crippen LogP contribution in [0, 0.1) is 0 Å². The van der Waals surface area contributed by atoms with E-state index in [1.807, 2.05) is 61.5 Å². The molecule has 26 heavy (non-hydrogen) atoms. The Kier molecular flexibility index (Phi) is 5.41. The highest BCUT2D eigenvalue weighted by molar-refractivity contribution is 5.98. The van der Waals surface area contributed by atoms with Gasteiger partial charge in [-0.1, -0.05) is 18.2 Å². The van der Waals surface area contributed by atoms with E-state index in [0.29, 0.717) is 19.5 Å². The maximum absolute atomic E-state index is 12.7. The second kappa shape index (κ2) is 7.91. The molecule has 3 amide bonds. The van der Waals surface area contributed by atoms with Crippen LogP contribution in [0.15, 0.2) is 54.6 Å². The number of ether oxygens (including phenoxy) is 1. The number of para-hydroxylation sites is 1. The molecule has 0 spiro atoms. The summed E-state index contributed by atoms with van der Waals surface area (Å²) in [5.74, 6) is 0.763. The number of hydrogen-bond donors (Lipinski definition) is 1. The predicted molar refractivity (Wildman–Crippen MR) is 102 cm³/mol. The van der Waals surface area contributed by atoms with E-state index < -0.39 is 0 Å². The number of rotatable bonds is 5. The van der Waals surface area contributed by atoms with Crippen molar-refractivity contribution in [1.82, 2.24) is 5.32 Å². The Morgan fingerprint density at radius 3 is 2.50 bits per heavy atom. The van der Waals surface area contributed by atoms with Gasteiger partial charge in [0.1, 0.15) is 5.75 Å². The van der Waals surface area contributed by atoms with Crippen molar-refractivity contribution in [3.63, 3.8) is 0 Å². The molecule has 0 aliphatic carbocycles. The Bertz CT molecular complexity index is 762. The third kappa shape index (κ3) is 3.79. The lowest BCUT2D eigenvalue weighted by Crippen LogP contribution is -2.46. The zero-order chi connectivity index (χ0) is 18.5. The number of nitrogens with one attached hydrogen (secondary N) is 1. The first-order valence-corrected chi connectivity index (χ1v) is 8.70. The summed E-state index contributed by atoms with van der Waals surface area (Å²) in [7, 11) is 1.61. The molecule has 0 bridgehead atoms. The Balaban J connectivity index is 1.65. The van der Waals surface area contributed by atoms with Gasteiger partial charge in [-0.25, -0.2) is 4.79 Å². The fourth-order valence-corrected chi connectivity index (χ4v) is 3.12. The summed E-state index contributed by atoms with van der Waals surface area (Å²) in [6.45, 7) is 2.93. The van der Waals surface area contributed by atoms with Gasteiger partial charge < -0.3 is 15.0 Å². The molecule has 2 aromatic rings. The molecular formula is C20H23N3O3. The zero-order valence-electron chi connectivity index (χ0n) is 15.0. The van der Waals surface area contributed by atoms with Gasteiger partial charge in [0.15, 0.2) is 0 Å². The van der Waals surface area contributed by atoms with Gasteiger partial charge in [-0.05, 0) is 43.3 Å². The van der Waals surface area contributed by atoms with E-state index in [-0.39, 0.29) is 18.0 Å². The molecule has 1 fully saturated rings. The fraction of sp³-hybridized carbons (Fsp3) is 0.300. The van der Waals surface area contributed by atoms with Crippen molar-refractivity contribution in [2.24, 2.45) is 0 Å². The molecule has 136 valence electrons. The highest BCUT2D eigenvalue weighted by atomic mass is 16.5. The second-order valence-electron chi connectivity index (χ2n) is 6.13. The molecule has 0 unspecified atom stereocenters. The predicted octanol–water partition coefficient (Wildman–Crippen LogP) is 3.04. The number of urea groups is 1. The number of carbonyl (C=O) groups is 2. The van der Waals surface area contributed by atoms with Crippen LogP contribution in [-0.2, 0) is 4.79 Å². The van der Waals surface area contributed by atoms with E-state index in [9.17, 15) is 9.59 Å². The van der Waals surface area contributed by atoms with Gasteiger partial charge in [-0.2, -0.15) is 0 Å². The summed E-state index contributed by atoms with van der Waals surface area (Å²) >= 11 is 0. The smallest absolute Gasteiger partial charge is 0.322 e. The van der Waals surface area contributed by atoms with Gasteiger partial charge in [0, 0.05) is 30.9 Å².